The summed E-state index contributed by atoms with van der Waals surface area (Å²) in [5, 5.41) is 18.4. The number of fused-ring (bicyclic) bond motifs is 3. The highest BCUT2D eigenvalue weighted by Crippen LogP contribution is 2.49. The van der Waals surface area contributed by atoms with Crippen molar-refractivity contribution in [3.8, 4) is 6.07 Å². The number of carbonyl (C=O) groups is 3. The summed E-state index contributed by atoms with van der Waals surface area (Å²) in [4.78, 5) is 40.0. The van der Waals surface area contributed by atoms with Gasteiger partial charge in [-0.2, -0.15) is 5.26 Å². The molecule has 3 N–H and O–H groups in total. The molecule has 11 heteroatoms. The first kappa shape index (κ1) is 26.1. The van der Waals surface area contributed by atoms with Crippen LogP contribution in [0.15, 0.2) is 18.2 Å². The number of benzene rings is 1. The first-order valence-electron chi connectivity index (χ1n) is 12.3. The highest BCUT2D eigenvalue weighted by molar-refractivity contribution is 6.31. The van der Waals surface area contributed by atoms with E-state index in [2.05, 4.69) is 16.0 Å². The molecule has 4 aliphatic rings. The summed E-state index contributed by atoms with van der Waals surface area (Å²) < 4.78 is 29.7. The van der Waals surface area contributed by atoms with Gasteiger partial charge in [0.25, 0.3) is 5.92 Å². The Morgan fingerprint density at radius 1 is 1.33 bits per heavy atom. The van der Waals surface area contributed by atoms with E-state index in [0.717, 1.165) is 12.0 Å². The average Bonchev–Trinajstić information content (AvgIpc) is 2.84. The molecular weight excluding hydrogens is 492 g/mol. The highest BCUT2D eigenvalue weighted by atomic mass is 35.5. The number of halogens is 3. The van der Waals surface area contributed by atoms with E-state index in [4.69, 9.17) is 11.6 Å². The fourth-order valence-electron chi connectivity index (χ4n) is 5.67. The second kappa shape index (κ2) is 10.6. The maximum absolute atomic E-state index is 14.9. The van der Waals surface area contributed by atoms with Crippen molar-refractivity contribution in [2.75, 3.05) is 18.4 Å². The molecule has 1 aromatic rings. The Labute approximate surface area is 213 Å². The molecule has 1 saturated carbocycles. The van der Waals surface area contributed by atoms with Crippen molar-refractivity contribution < 1.29 is 23.2 Å². The van der Waals surface area contributed by atoms with Crippen LogP contribution in [0, 0.1) is 30.1 Å². The van der Waals surface area contributed by atoms with E-state index in [-0.39, 0.29) is 25.3 Å². The second-order valence-electron chi connectivity index (χ2n) is 9.87. The summed E-state index contributed by atoms with van der Waals surface area (Å²) >= 11 is 6.14. The van der Waals surface area contributed by atoms with Crippen LogP contribution in [-0.2, 0) is 14.4 Å². The standard InChI is InChI=1S/C25H30ClF2N5O3/c1-14-19(26)5-2-6-20(14)31-13-21(34)33-17-7-8-18(25(27,28)11-17)22(33)24(36)32-16(12-29)10-15-4-3-9-30-23(15)35/h2,5-6,15-18,22,31H,3-4,7-11,13H2,1H3,(H,30,35)(H,32,36)/t15-,16+,17-,18-,22+/m1/s1. The number of anilines is 1. The van der Waals surface area contributed by atoms with Crippen LogP contribution in [0.2, 0.25) is 5.02 Å². The van der Waals surface area contributed by atoms with Crippen molar-refractivity contribution in [3.05, 3.63) is 28.8 Å². The molecule has 0 radical (unpaired) electrons. The maximum atomic E-state index is 14.9. The lowest BCUT2D eigenvalue weighted by Gasteiger charge is -2.53. The number of nitriles is 1. The molecule has 194 valence electrons. The van der Waals surface area contributed by atoms with E-state index < -0.39 is 54.1 Å². The number of amides is 3. The first-order chi connectivity index (χ1) is 17.1. The van der Waals surface area contributed by atoms with Crippen LogP contribution in [0.4, 0.5) is 14.5 Å². The summed E-state index contributed by atoms with van der Waals surface area (Å²) in [6, 6.07) is 4.00. The third-order valence-corrected chi connectivity index (χ3v) is 7.99. The van der Waals surface area contributed by atoms with Gasteiger partial charge in [-0.15, -0.1) is 0 Å². The molecule has 4 fully saturated rings. The van der Waals surface area contributed by atoms with Crippen LogP contribution < -0.4 is 16.0 Å². The highest BCUT2D eigenvalue weighted by Gasteiger charge is 2.60. The van der Waals surface area contributed by atoms with Gasteiger partial charge in [-0.1, -0.05) is 17.7 Å². The number of nitrogens with zero attached hydrogens (tertiary/aromatic N) is 2. The van der Waals surface area contributed by atoms with Gasteiger partial charge in [0.1, 0.15) is 12.1 Å². The Balaban J connectivity index is 1.50. The van der Waals surface area contributed by atoms with Crippen molar-refractivity contribution in [3.63, 3.8) is 0 Å². The zero-order chi connectivity index (χ0) is 26.0. The third kappa shape index (κ3) is 5.26. The zero-order valence-corrected chi connectivity index (χ0v) is 20.8. The van der Waals surface area contributed by atoms with Crippen LogP contribution in [0.25, 0.3) is 0 Å². The lowest BCUT2D eigenvalue weighted by molar-refractivity contribution is -0.193. The van der Waals surface area contributed by atoms with Gasteiger partial charge in [-0.05, 0) is 56.7 Å². The number of nitrogens with one attached hydrogen (secondary N) is 3. The molecule has 0 unspecified atom stereocenters. The molecule has 0 spiro atoms. The fraction of sp³-hybridized carbons (Fsp3) is 0.600. The summed E-state index contributed by atoms with van der Waals surface area (Å²) in [6.45, 7) is 2.17. The van der Waals surface area contributed by atoms with Gasteiger partial charge in [-0.3, -0.25) is 14.4 Å². The van der Waals surface area contributed by atoms with Gasteiger partial charge in [0.05, 0.1) is 18.5 Å². The van der Waals surface area contributed by atoms with Crippen LogP contribution in [0.5, 0.6) is 0 Å². The maximum Gasteiger partial charge on any atom is 0.255 e. The van der Waals surface area contributed by atoms with Crippen LogP contribution in [0.3, 0.4) is 0 Å². The predicted octanol–water partition coefficient (Wildman–Crippen LogP) is 3.00. The van der Waals surface area contributed by atoms with Crippen LogP contribution in [0.1, 0.15) is 44.1 Å². The topological polar surface area (TPSA) is 114 Å². The first-order valence-corrected chi connectivity index (χ1v) is 12.7. The van der Waals surface area contributed by atoms with E-state index >= 15 is 0 Å². The molecule has 5 atom stereocenters. The molecule has 3 heterocycles. The number of hydrogen-bond acceptors (Lipinski definition) is 5. The van der Waals surface area contributed by atoms with Crippen molar-refractivity contribution in [2.45, 2.75) is 69.5 Å². The van der Waals surface area contributed by atoms with E-state index in [9.17, 15) is 28.4 Å². The van der Waals surface area contributed by atoms with Crippen molar-refractivity contribution in [1.82, 2.24) is 15.5 Å². The Morgan fingerprint density at radius 3 is 2.81 bits per heavy atom. The van der Waals surface area contributed by atoms with E-state index in [1.807, 2.05) is 6.07 Å². The normalized spacial score (nSPS) is 27.5. The molecule has 2 bridgehead atoms. The number of rotatable bonds is 7. The molecule has 5 rings (SSSR count). The largest absolute Gasteiger partial charge is 0.376 e. The summed E-state index contributed by atoms with van der Waals surface area (Å²) in [5.74, 6) is -6.30. The Kier molecular flexibility index (Phi) is 7.69. The van der Waals surface area contributed by atoms with Crippen molar-refractivity contribution in [2.24, 2.45) is 11.8 Å². The lowest BCUT2D eigenvalue weighted by Crippen LogP contribution is -2.69. The summed E-state index contributed by atoms with van der Waals surface area (Å²) in [5.41, 5.74) is 1.39. The molecule has 0 aromatic heterocycles. The van der Waals surface area contributed by atoms with Crippen LogP contribution >= 0.6 is 11.6 Å². The Morgan fingerprint density at radius 2 is 2.11 bits per heavy atom. The monoisotopic (exact) mass is 521 g/mol. The minimum absolute atomic E-state index is 0.0921. The molecule has 36 heavy (non-hydrogen) atoms. The molecular formula is C25H30ClF2N5O3. The van der Waals surface area contributed by atoms with Gasteiger partial charge in [0, 0.05) is 35.6 Å². The number of piperidine rings is 3. The lowest BCUT2D eigenvalue weighted by atomic mass is 9.71. The van der Waals surface area contributed by atoms with Gasteiger partial charge in [0.15, 0.2) is 0 Å². The molecule has 3 saturated heterocycles. The number of alkyl halides is 2. The second-order valence-corrected chi connectivity index (χ2v) is 10.3. The SMILES string of the molecule is Cc1c(Cl)cccc1NCC(=O)N1[C@@H]2CC[C@H]([C@H]1C(=O)N[C@H](C#N)C[C@H]1CCCNC1=O)C(F)(F)C2. The molecule has 1 aliphatic carbocycles. The predicted molar refractivity (Wildman–Crippen MR) is 129 cm³/mol. The van der Waals surface area contributed by atoms with Crippen molar-refractivity contribution >= 4 is 35.0 Å². The van der Waals surface area contributed by atoms with Gasteiger partial charge in [0.2, 0.25) is 17.7 Å². The minimum atomic E-state index is -3.09. The van der Waals surface area contributed by atoms with E-state index in [1.165, 1.54) is 4.90 Å². The Hall–Kier alpha value is -2.93. The minimum Gasteiger partial charge on any atom is -0.376 e. The molecule has 3 aliphatic heterocycles. The average molecular weight is 522 g/mol. The van der Waals surface area contributed by atoms with E-state index in [0.29, 0.717) is 30.1 Å². The van der Waals surface area contributed by atoms with Crippen molar-refractivity contribution in [1.29, 1.82) is 5.26 Å². The number of carbonyl (C=O) groups excluding carboxylic acids is 3. The molecule has 3 amide bonds. The molecule has 1 aromatic carbocycles. The summed E-state index contributed by atoms with van der Waals surface area (Å²) in [7, 11) is 0. The molecule has 8 nitrogen and oxygen atoms in total. The Bertz CT molecular complexity index is 1080. The quantitative estimate of drug-likeness (QED) is 0.510. The zero-order valence-electron chi connectivity index (χ0n) is 20.0. The summed E-state index contributed by atoms with van der Waals surface area (Å²) in [6.07, 6.45) is 1.45. The third-order valence-electron chi connectivity index (χ3n) is 7.58. The fourth-order valence-corrected chi connectivity index (χ4v) is 5.85. The number of hydrogen-bond donors (Lipinski definition) is 3. The van der Waals surface area contributed by atoms with Gasteiger partial charge in [-0.25, -0.2) is 8.78 Å². The smallest absolute Gasteiger partial charge is 0.255 e. The van der Waals surface area contributed by atoms with Gasteiger partial charge < -0.3 is 20.9 Å². The van der Waals surface area contributed by atoms with E-state index in [1.54, 1.807) is 25.1 Å². The van der Waals surface area contributed by atoms with Crippen LogP contribution in [-0.4, -0.2) is 59.8 Å². The van der Waals surface area contributed by atoms with Gasteiger partial charge >= 0.3 is 0 Å².